The molecule has 52 heavy (non-hydrogen) atoms. The Labute approximate surface area is 302 Å². The zero-order valence-corrected chi connectivity index (χ0v) is 29.3. The minimum atomic E-state index is -0.875. The SMILES string of the molecule is COc1cc(C=CC(=O)OCCCc2ccc(OC(COC(=O)C=Cc3ccc(O)cc3)C(OC)c3ccc(O)c(OC)c3)c(OC)c2)ccc1O. The van der Waals surface area contributed by atoms with E-state index in [-0.39, 0.29) is 36.2 Å². The molecule has 0 bridgehead atoms. The molecule has 4 aromatic carbocycles. The molecular weight excluding hydrogens is 672 g/mol. The number of aromatic hydroxyl groups is 3. The maximum atomic E-state index is 12.7. The number of phenols is 3. The lowest BCUT2D eigenvalue weighted by Gasteiger charge is -2.28. The van der Waals surface area contributed by atoms with E-state index in [0.29, 0.717) is 46.8 Å². The van der Waals surface area contributed by atoms with Gasteiger partial charge in [-0.15, -0.1) is 0 Å². The fourth-order valence-corrected chi connectivity index (χ4v) is 5.11. The van der Waals surface area contributed by atoms with Gasteiger partial charge in [0, 0.05) is 19.3 Å². The second-order valence-corrected chi connectivity index (χ2v) is 11.3. The summed E-state index contributed by atoms with van der Waals surface area (Å²) in [5.74, 6) is 0.244. The standard InChI is InChI=1S/C40H42O12/c1-46-34-22-28(9-16-31(34)42)12-20-38(44)50-21-5-6-27-10-18-33(36(23-27)48-3)52-37(40(49-4)29-13-17-32(43)35(24-29)47-2)25-51-39(45)19-11-26-7-14-30(41)15-8-26/h7-20,22-24,37,40-43H,5-6,21,25H2,1-4H3. The molecule has 0 amide bonds. The van der Waals surface area contributed by atoms with Gasteiger partial charge in [0.2, 0.25) is 0 Å². The van der Waals surface area contributed by atoms with Gasteiger partial charge in [0.1, 0.15) is 18.5 Å². The number of hydrogen-bond acceptors (Lipinski definition) is 12. The highest BCUT2D eigenvalue weighted by Gasteiger charge is 2.29. The molecule has 12 nitrogen and oxygen atoms in total. The Morgan fingerprint density at radius 3 is 1.94 bits per heavy atom. The zero-order chi connectivity index (χ0) is 37.5. The average molecular weight is 715 g/mol. The largest absolute Gasteiger partial charge is 0.508 e. The Hall–Kier alpha value is -6.14. The van der Waals surface area contributed by atoms with Gasteiger partial charge in [-0.2, -0.15) is 0 Å². The van der Waals surface area contributed by atoms with Crippen LogP contribution in [0.2, 0.25) is 0 Å². The minimum absolute atomic E-state index is 0.00463. The fraction of sp³-hybridized carbons (Fsp3) is 0.250. The van der Waals surface area contributed by atoms with Crippen molar-refractivity contribution in [3.63, 3.8) is 0 Å². The van der Waals surface area contributed by atoms with Crippen molar-refractivity contribution in [1.82, 2.24) is 0 Å². The van der Waals surface area contributed by atoms with E-state index in [0.717, 1.165) is 5.56 Å². The number of esters is 2. The monoisotopic (exact) mass is 714 g/mol. The number of benzene rings is 4. The van der Waals surface area contributed by atoms with Crippen molar-refractivity contribution >= 4 is 24.1 Å². The lowest BCUT2D eigenvalue weighted by molar-refractivity contribution is -0.143. The second kappa shape index (κ2) is 19.3. The van der Waals surface area contributed by atoms with E-state index in [2.05, 4.69) is 0 Å². The van der Waals surface area contributed by atoms with E-state index < -0.39 is 24.1 Å². The first-order valence-electron chi connectivity index (χ1n) is 16.2. The molecule has 4 rings (SSSR count). The van der Waals surface area contributed by atoms with Gasteiger partial charge in [-0.05, 0) is 95.8 Å². The van der Waals surface area contributed by atoms with Crippen LogP contribution in [0.15, 0.2) is 91.0 Å². The van der Waals surface area contributed by atoms with Crippen molar-refractivity contribution in [2.75, 3.05) is 41.7 Å². The van der Waals surface area contributed by atoms with Crippen LogP contribution in [-0.4, -0.2) is 75.0 Å². The van der Waals surface area contributed by atoms with Crippen LogP contribution >= 0.6 is 0 Å². The molecule has 0 spiro atoms. The molecule has 2 atom stereocenters. The van der Waals surface area contributed by atoms with Crippen LogP contribution in [0, 0.1) is 0 Å². The van der Waals surface area contributed by atoms with E-state index in [4.69, 9.17) is 33.2 Å². The Morgan fingerprint density at radius 1 is 0.654 bits per heavy atom. The van der Waals surface area contributed by atoms with Gasteiger partial charge < -0.3 is 48.5 Å². The fourth-order valence-electron chi connectivity index (χ4n) is 5.11. The lowest BCUT2D eigenvalue weighted by atomic mass is 10.0. The number of carbonyl (C=O) groups is 2. The molecule has 0 radical (unpaired) electrons. The topological polar surface area (TPSA) is 159 Å². The molecule has 4 aromatic rings. The highest BCUT2D eigenvalue weighted by molar-refractivity contribution is 5.87. The van der Waals surface area contributed by atoms with E-state index in [1.165, 1.54) is 64.9 Å². The third-order valence-corrected chi connectivity index (χ3v) is 7.79. The normalized spacial score (nSPS) is 12.3. The van der Waals surface area contributed by atoms with Crippen LogP contribution in [-0.2, 0) is 30.2 Å². The van der Waals surface area contributed by atoms with Crippen LogP contribution in [0.1, 0.15) is 34.8 Å². The zero-order valence-electron chi connectivity index (χ0n) is 29.3. The van der Waals surface area contributed by atoms with Crippen LogP contribution in [0.3, 0.4) is 0 Å². The van der Waals surface area contributed by atoms with Gasteiger partial charge in [-0.25, -0.2) is 9.59 Å². The van der Waals surface area contributed by atoms with Gasteiger partial charge in [0.05, 0.1) is 27.9 Å². The summed E-state index contributed by atoms with van der Waals surface area (Å²) in [6.07, 6.45) is 5.18. The Kier molecular flexibility index (Phi) is 14.4. The van der Waals surface area contributed by atoms with Crippen LogP contribution in [0.5, 0.6) is 40.2 Å². The summed E-state index contributed by atoms with van der Waals surface area (Å²) in [5, 5.41) is 29.4. The Morgan fingerprint density at radius 2 is 1.27 bits per heavy atom. The summed E-state index contributed by atoms with van der Waals surface area (Å²) in [7, 11) is 5.87. The van der Waals surface area contributed by atoms with Crippen LogP contribution in [0.4, 0.5) is 0 Å². The number of phenolic OH excluding ortho intramolecular Hbond substituents is 3. The molecule has 274 valence electrons. The van der Waals surface area contributed by atoms with Crippen molar-refractivity contribution in [2.24, 2.45) is 0 Å². The summed E-state index contributed by atoms with van der Waals surface area (Å²) in [6, 6.07) is 21.2. The van der Waals surface area contributed by atoms with E-state index in [9.17, 15) is 24.9 Å². The Balaban J connectivity index is 1.42. The number of aryl methyl sites for hydroxylation is 1. The molecule has 0 aliphatic carbocycles. The quantitative estimate of drug-likeness (QED) is 0.0592. The Bertz CT molecular complexity index is 1850. The average Bonchev–Trinajstić information content (AvgIpc) is 3.16. The predicted molar refractivity (Wildman–Crippen MR) is 193 cm³/mol. The molecule has 2 unspecified atom stereocenters. The van der Waals surface area contributed by atoms with Gasteiger partial charge in [-0.1, -0.05) is 30.3 Å². The second-order valence-electron chi connectivity index (χ2n) is 11.3. The molecule has 0 saturated heterocycles. The van der Waals surface area contributed by atoms with E-state index in [1.807, 2.05) is 12.1 Å². The van der Waals surface area contributed by atoms with E-state index in [1.54, 1.807) is 54.6 Å². The smallest absolute Gasteiger partial charge is 0.330 e. The van der Waals surface area contributed by atoms with Crippen molar-refractivity contribution in [3.8, 4) is 40.2 Å². The lowest BCUT2D eigenvalue weighted by Crippen LogP contribution is -2.32. The van der Waals surface area contributed by atoms with Gasteiger partial charge in [0.25, 0.3) is 0 Å². The summed E-state index contributed by atoms with van der Waals surface area (Å²) in [5.41, 5.74) is 2.87. The summed E-state index contributed by atoms with van der Waals surface area (Å²) in [4.78, 5) is 25.0. The first kappa shape index (κ1) is 38.7. The highest BCUT2D eigenvalue weighted by Crippen LogP contribution is 2.36. The molecular formula is C40H42O12. The number of hydrogen-bond donors (Lipinski definition) is 3. The molecule has 0 saturated carbocycles. The van der Waals surface area contributed by atoms with Gasteiger partial charge in [-0.3, -0.25) is 0 Å². The third kappa shape index (κ3) is 11.2. The van der Waals surface area contributed by atoms with Crippen molar-refractivity contribution in [3.05, 3.63) is 113 Å². The first-order valence-corrected chi connectivity index (χ1v) is 16.2. The molecule has 3 N–H and O–H groups in total. The molecule has 0 aliphatic rings. The predicted octanol–water partition coefficient (Wildman–Crippen LogP) is 6.41. The molecule has 0 heterocycles. The van der Waals surface area contributed by atoms with Crippen molar-refractivity contribution in [1.29, 1.82) is 0 Å². The van der Waals surface area contributed by atoms with Gasteiger partial charge in [0.15, 0.2) is 40.6 Å². The number of rotatable bonds is 18. The maximum Gasteiger partial charge on any atom is 0.330 e. The van der Waals surface area contributed by atoms with E-state index >= 15 is 0 Å². The summed E-state index contributed by atoms with van der Waals surface area (Å²) in [6.45, 7) is -0.0334. The number of carbonyl (C=O) groups excluding carboxylic acids is 2. The van der Waals surface area contributed by atoms with Crippen molar-refractivity contribution < 1.29 is 58.1 Å². The molecule has 0 aliphatic heterocycles. The third-order valence-electron chi connectivity index (χ3n) is 7.79. The number of ether oxygens (including phenoxy) is 7. The van der Waals surface area contributed by atoms with Crippen molar-refractivity contribution in [2.45, 2.75) is 25.0 Å². The maximum absolute atomic E-state index is 12.7. The number of methoxy groups -OCH3 is 4. The summed E-state index contributed by atoms with van der Waals surface area (Å²) < 4.78 is 39.2. The summed E-state index contributed by atoms with van der Waals surface area (Å²) >= 11 is 0. The molecule has 12 heteroatoms. The van der Waals surface area contributed by atoms with Crippen LogP contribution < -0.4 is 18.9 Å². The molecule has 0 fully saturated rings. The minimum Gasteiger partial charge on any atom is -0.508 e. The van der Waals surface area contributed by atoms with Crippen LogP contribution in [0.25, 0.3) is 12.2 Å². The first-order chi connectivity index (χ1) is 25.1. The molecule has 0 aromatic heterocycles. The highest BCUT2D eigenvalue weighted by atomic mass is 16.6. The van der Waals surface area contributed by atoms with Gasteiger partial charge >= 0.3 is 11.9 Å².